The van der Waals surface area contributed by atoms with E-state index in [0.717, 1.165) is 63.7 Å². The van der Waals surface area contributed by atoms with Gasteiger partial charge in [0.2, 0.25) is 0 Å². The Labute approximate surface area is 203 Å². The molecule has 0 aromatic carbocycles. The van der Waals surface area contributed by atoms with Crippen molar-refractivity contribution in [2.75, 3.05) is 46.9 Å². The van der Waals surface area contributed by atoms with Crippen LogP contribution in [0.3, 0.4) is 0 Å². The lowest BCUT2D eigenvalue weighted by molar-refractivity contribution is -0.832. The summed E-state index contributed by atoms with van der Waals surface area (Å²) in [6.45, 7) is 7.33. The Bertz CT molecular complexity index is 936. The summed E-state index contributed by atoms with van der Waals surface area (Å²) in [6, 6.07) is 0. The van der Waals surface area contributed by atoms with Crippen LogP contribution in [0, 0.1) is 34.0 Å². The maximum Gasteiger partial charge on any atom is 0.293 e. The average Bonchev–Trinajstić information content (AvgIpc) is 3.15. The smallest absolute Gasteiger partial charge is 0.293 e. The lowest BCUT2D eigenvalue weighted by Crippen LogP contribution is -3.19. The molecule has 8 nitrogen and oxygen atoms in total. The molecular formula is C26H42N4O4. The minimum absolute atomic E-state index is 0.0182. The second-order valence-corrected chi connectivity index (χ2v) is 11.7. The third-order valence-electron chi connectivity index (χ3n) is 11.1. The molecule has 3 saturated carbocycles. The number of carbonyl (C=O) groups excluding carboxylic acids is 1. The number of allylic oxidation sites excluding steroid dienone is 1. The number of hydrogen-bond acceptors (Lipinski definition) is 6. The van der Waals surface area contributed by atoms with Crippen molar-refractivity contribution in [3.05, 3.63) is 11.1 Å². The summed E-state index contributed by atoms with van der Waals surface area (Å²) in [6.07, 6.45) is 5.68. The van der Waals surface area contributed by atoms with Gasteiger partial charge in [-0.1, -0.05) is 12.5 Å². The summed E-state index contributed by atoms with van der Waals surface area (Å²) < 4.78 is 5.78. The van der Waals surface area contributed by atoms with Crippen molar-refractivity contribution in [2.24, 2.45) is 44.7 Å². The molecule has 0 aromatic heterocycles. The average molecular weight is 475 g/mol. The molecule has 0 aromatic rings. The number of aliphatic hydroxyl groups is 1. The van der Waals surface area contributed by atoms with Gasteiger partial charge >= 0.3 is 0 Å². The maximum absolute atomic E-state index is 12.7. The molecule has 0 radical (unpaired) electrons. The Morgan fingerprint density at radius 3 is 2.76 bits per heavy atom. The second-order valence-electron chi connectivity index (χ2n) is 11.7. The van der Waals surface area contributed by atoms with Crippen LogP contribution in [0.2, 0.25) is 0 Å². The number of nitrogens with zero attached hydrogens (tertiary/aromatic N) is 1. The number of carboxylic acid groups (broad SMARTS) is 1. The number of nitrogens with one attached hydrogen (secondary N) is 2. The van der Waals surface area contributed by atoms with E-state index in [0.29, 0.717) is 18.5 Å². The molecule has 190 valence electrons. The normalized spacial score (nSPS) is 47.5. The molecule has 8 unspecified atom stereocenters. The summed E-state index contributed by atoms with van der Waals surface area (Å²) in [5.74, 6) is -0.117. The van der Waals surface area contributed by atoms with Crippen LogP contribution >= 0.6 is 0 Å². The fraction of sp³-hybridized carbons (Fsp3) is 0.846. The summed E-state index contributed by atoms with van der Waals surface area (Å²) >= 11 is 0. The standard InChI is InChI=1S/C26H42N4O4/c1-5-34-15-24(33)19-8-9-23(13-28-3)10-11-30(22(27)29-4)14-25(23)17-7-6-16(2)26(19,25)18(12-17)20(24)21(31)32/h16-17,19,28,33H,5-15H2,1-4H3,(H2,27,29)(H,31,32). The number of nitrogens with two attached hydrogens (primary N) is 1. The Hall–Kier alpha value is -1.48. The second kappa shape index (κ2) is 8.02. The van der Waals surface area contributed by atoms with Crippen LogP contribution in [0.5, 0.6) is 0 Å². The fourth-order valence-corrected chi connectivity index (χ4v) is 10.3. The number of carboxylic acids is 1. The molecular weight excluding hydrogens is 432 g/mol. The zero-order valence-electron chi connectivity index (χ0n) is 21.2. The summed E-state index contributed by atoms with van der Waals surface area (Å²) in [4.78, 5) is 18.3. The molecule has 2 bridgehead atoms. The molecule has 4 aliphatic carbocycles. The largest absolute Gasteiger partial charge is 0.545 e. The van der Waals surface area contributed by atoms with E-state index in [9.17, 15) is 15.0 Å². The number of rotatable bonds is 6. The molecule has 1 aliphatic heterocycles. The van der Waals surface area contributed by atoms with Crippen molar-refractivity contribution in [3.63, 3.8) is 0 Å². The SMILES string of the molecule is CCOCC1(O)C(C(=O)[O-])=C2CC3CCC(C)C24C1CCC1(CNC)CC[NH+](C(N)=NC)CC314. The van der Waals surface area contributed by atoms with Crippen LogP contribution in [-0.2, 0) is 9.53 Å². The Morgan fingerprint density at radius 2 is 2.12 bits per heavy atom. The van der Waals surface area contributed by atoms with Gasteiger partial charge < -0.3 is 30.8 Å². The van der Waals surface area contributed by atoms with Crippen LogP contribution in [0.25, 0.3) is 0 Å². The number of ether oxygens (including phenoxy) is 1. The molecule has 5 aliphatic rings. The number of guanidine groups is 1. The number of likely N-dealkylation sites (tertiary alicyclic amines) is 1. The first-order chi connectivity index (χ1) is 16.2. The van der Waals surface area contributed by atoms with Gasteiger partial charge in [-0.2, -0.15) is 0 Å². The van der Waals surface area contributed by atoms with E-state index in [2.05, 4.69) is 17.2 Å². The predicted molar refractivity (Wildman–Crippen MR) is 127 cm³/mol. The number of aliphatic imine (C=N–C) groups is 1. The van der Waals surface area contributed by atoms with E-state index in [1.54, 1.807) is 7.05 Å². The Balaban J connectivity index is 1.80. The highest BCUT2D eigenvalue weighted by Crippen LogP contribution is 2.83. The predicted octanol–water partition coefficient (Wildman–Crippen LogP) is -0.914. The van der Waals surface area contributed by atoms with Crippen molar-refractivity contribution in [3.8, 4) is 0 Å². The molecule has 0 amide bonds. The Morgan fingerprint density at radius 1 is 1.35 bits per heavy atom. The van der Waals surface area contributed by atoms with Crippen molar-refractivity contribution in [2.45, 2.75) is 58.0 Å². The highest BCUT2D eigenvalue weighted by atomic mass is 16.5. The first-order valence-corrected chi connectivity index (χ1v) is 13.2. The van der Waals surface area contributed by atoms with Gasteiger partial charge in [0.05, 0.1) is 25.7 Å². The van der Waals surface area contributed by atoms with E-state index in [1.165, 1.54) is 4.90 Å². The number of piperidine rings is 1. The highest BCUT2D eigenvalue weighted by molar-refractivity contribution is 5.90. The zero-order valence-corrected chi connectivity index (χ0v) is 21.2. The number of carbonyl (C=O) groups is 1. The van der Waals surface area contributed by atoms with E-state index in [1.807, 2.05) is 14.0 Å². The minimum atomic E-state index is -1.51. The summed E-state index contributed by atoms with van der Waals surface area (Å²) in [7, 11) is 3.79. The van der Waals surface area contributed by atoms with Gasteiger partial charge in [0.25, 0.3) is 5.96 Å². The molecule has 4 fully saturated rings. The summed E-state index contributed by atoms with van der Waals surface area (Å²) in [5.41, 5.74) is 5.54. The fourth-order valence-electron chi connectivity index (χ4n) is 10.3. The molecule has 34 heavy (non-hydrogen) atoms. The van der Waals surface area contributed by atoms with Crippen molar-refractivity contribution in [1.82, 2.24) is 5.32 Å². The molecule has 5 rings (SSSR count). The molecule has 8 heteroatoms. The van der Waals surface area contributed by atoms with Crippen LogP contribution in [0.1, 0.15) is 52.4 Å². The first kappa shape index (κ1) is 24.2. The highest BCUT2D eigenvalue weighted by Gasteiger charge is 2.83. The minimum Gasteiger partial charge on any atom is -0.545 e. The van der Waals surface area contributed by atoms with Crippen molar-refractivity contribution >= 4 is 11.9 Å². The van der Waals surface area contributed by atoms with E-state index < -0.39 is 11.6 Å². The van der Waals surface area contributed by atoms with E-state index in [-0.39, 0.29) is 40.3 Å². The van der Waals surface area contributed by atoms with Crippen LogP contribution in [0.4, 0.5) is 0 Å². The van der Waals surface area contributed by atoms with Gasteiger partial charge in [0, 0.05) is 54.4 Å². The van der Waals surface area contributed by atoms with Gasteiger partial charge in [-0.3, -0.25) is 4.90 Å². The van der Waals surface area contributed by atoms with E-state index in [4.69, 9.17) is 10.5 Å². The Kier molecular flexibility index (Phi) is 5.71. The van der Waals surface area contributed by atoms with Gasteiger partial charge in [-0.15, -0.1) is 0 Å². The molecule has 8 atom stereocenters. The first-order valence-electron chi connectivity index (χ1n) is 13.2. The quantitative estimate of drug-likeness (QED) is 0.292. The van der Waals surface area contributed by atoms with E-state index >= 15 is 0 Å². The van der Waals surface area contributed by atoms with Gasteiger partial charge in [-0.05, 0) is 57.9 Å². The maximum atomic E-state index is 12.7. The number of quaternary nitrogens is 1. The zero-order chi connectivity index (χ0) is 24.5. The molecule has 1 heterocycles. The van der Waals surface area contributed by atoms with Crippen molar-refractivity contribution in [1.29, 1.82) is 0 Å². The van der Waals surface area contributed by atoms with Crippen molar-refractivity contribution < 1.29 is 24.6 Å². The monoisotopic (exact) mass is 474 g/mol. The number of hydrogen-bond donors (Lipinski definition) is 4. The van der Waals surface area contributed by atoms with Gasteiger partial charge in [0.15, 0.2) is 0 Å². The third kappa shape index (κ3) is 2.58. The lowest BCUT2D eigenvalue weighted by atomic mass is 9.34. The molecule has 1 saturated heterocycles. The third-order valence-corrected chi connectivity index (χ3v) is 11.1. The topological polar surface area (TPSA) is 124 Å². The lowest BCUT2D eigenvalue weighted by Gasteiger charge is -2.70. The number of aliphatic carboxylic acids is 1. The van der Waals surface area contributed by atoms with Gasteiger partial charge in [-0.25, -0.2) is 4.99 Å². The molecule has 2 spiro atoms. The van der Waals surface area contributed by atoms with Crippen LogP contribution in [0.15, 0.2) is 16.1 Å². The van der Waals surface area contributed by atoms with Gasteiger partial charge in [0.1, 0.15) is 5.60 Å². The summed E-state index contributed by atoms with van der Waals surface area (Å²) in [5, 5.41) is 28.5. The molecule has 5 N–H and O–H groups in total. The van der Waals surface area contributed by atoms with Crippen LogP contribution < -0.4 is 21.1 Å². The van der Waals surface area contributed by atoms with Crippen LogP contribution in [-0.4, -0.2) is 69.6 Å².